The van der Waals surface area contributed by atoms with Gasteiger partial charge in [0.1, 0.15) is 28.9 Å². The number of benzene rings is 3. The first kappa shape index (κ1) is 28.3. The van der Waals surface area contributed by atoms with Crippen LogP contribution in [0.15, 0.2) is 66.7 Å². The predicted molar refractivity (Wildman–Crippen MR) is 151 cm³/mol. The van der Waals surface area contributed by atoms with E-state index in [4.69, 9.17) is 4.74 Å². The molecule has 1 spiro atoms. The van der Waals surface area contributed by atoms with Gasteiger partial charge in [0.25, 0.3) is 5.91 Å². The van der Waals surface area contributed by atoms with Gasteiger partial charge in [0.2, 0.25) is 5.91 Å². The first-order valence-electron chi connectivity index (χ1n) is 13.5. The summed E-state index contributed by atoms with van der Waals surface area (Å²) >= 11 is 0. The second kappa shape index (κ2) is 11.7. The third-order valence-electron chi connectivity index (χ3n) is 8.08. The van der Waals surface area contributed by atoms with Crippen molar-refractivity contribution in [2.24, 2.45) is 5.41 Å². The summed E-state index contributed by atoms with van der Waals surface area (Å²) in [5, 5.41) is 2.97. The molecule has 1 heterocycles. The van der Waals surface area contributed by atoms with Gasteiger partial charge in [-0.15, -0.1) is 0 Å². The van der Waals surface area contributed by atoms with Crippen LogP contribution in [-0.2, 0) is 11.3 Å². The fourth-order valence-corrected chi connectivity index (χ4v) is 5.59. The molecule has 2 amide bonds. The minimum atomic E-state index is -0.784. The number of ether oxygens (including phenoxy) is 1. The minimum Gasteiger partial charge on any atom is -0.497 e. The molecule has 1 N–H and O–H groups in total. The molecule has 3 aromatic carbocycles. The van der Waals surface area contributed by atoms with Crippen molar-refractivity contribution in [3.63, 3.8) is 0 Å². The first-order chi connectivity index (χ1) is 19.7. The molecule has 1 saturated carbocycles. The Morgan fingerprint density at radius 3 is 2.34 bits per heavy atom. The molecule has 1 saturated heterocycles. The Morgan fingerprint density at radius 1 is 1.02 bits per heavy atom. The van der Waals surface area contributed by atoms with Crippen LogP contribution in [0.2, 0.25) is 0 Å². The molecule has 1 aliphatic carbocycles. The zero-order chi connectivity index (χ0) is 29.1. The molecular formula is C32H32F3N3O3. The van der Waals surface area contributed by atoms with Crippen LogP contribution < -0.4 is 15.0 Å². The highest BCUT2D eigenvalue weighted by molar-refractivity contribution is 5.95. The summed E-state index contributed by atoms with van der Waals surface area (Å²) in [6.45, 7) is 1.18. The van der Waals surface area contributed by atoms with Gasteiger partial charge in [-0.05, 0) is 60.6 Å². The molecule has 1 unspecified atom stereocenters. The number of amides is 2. The van der Waals surface area contributed by atoms with Gasteiger partial charge in [0, 0.05) is 56.0 Å². The number of methoxy groups -OCH3 is 1. The summed E-state index contributed by atoms with van der Waals surface area (Å²) < 4.78 is 49.1. The second-order valence-electron chi connectivity index (χ2n) is 10.8. The number of hydrogen-bond acceptors (Lipinski definition) is 4. The third kappa shape index (κ3) is 6.24. The van der Waals surface area contributed by atoms with Gasteiger partial charge in [-0.2, -0.15) is 0 Å². The molecule has 6 nitrogen and oxygen atoms in total. The van der Waals surface area contributed by atoms with Crippen LogP contribution in [0.5, 0.6) is 5.75 Å². The van der Waals surface area contributed by atoms with Crippen molar-refractivity contribution in [1.29, 1.82) is 0 Å². The van der Waals surface area contributed by atoms with Crippen LogP contribution in [0.1, 0.15) is 40.7 Å². The van der Waals surface area contributed by atoms with Crippen LogP contribution in [-0.4, -0.2) is 50.0 Å². The molecule has 3 aromatic rings. The van der Waals surface area contributed by atoms with Crippen molar-refractivity contribution >= 4 is 23.6 Å². The Bertz CT molecular complexity index is 1450. The van der Waals surface area contributed by atoms with E-state index in [1.807, 2.05) is 30.3 Å². The zero-order valence-electron chi connectivity index (χ0n) is 23.0. The lowest BCUT2D eigenvalue weighted by atomic mass is 9.92. The average Bonchev–Trinajstić information content (AvgIpc) is 3.62. The van der Waals surface area contributed by atoms with E-state index in [0.29, 0.717) is 38.2 Å². The van der Waals surface area contributed by atoms with Crippen LogP contribution in [0, 0.1) is 22.9 Å². The lowest BCUT2D eigenvalue weighted by Crippen LogP contribution is -2.41. The van der Waals surface area contributed by atoms with Gasteiger partial charge in [-0.1, -0.05) is 30.3 Å². The second-order valence-corrected chi connectivity index (χ2v) is 10.8. The molecule has 9 heteroatoms. The van der Waals surface area contributed by atoms with Crippen molar-refractivity contribution in [2.45, 2.75) is 31.8 Å². The van der Waals surface area contributed by atoms with Crippen molar-refractivity contribution in [3.8, 4) is 5.75 Å². The summed E-state index contributed by atoms with van der Waals surface area (Å²) in [7, 11) is 3.06. The minimum absolute atomic E-state index is 0.0237. The van der Waals surface area contributed by atoms with Crippen molar-refractivity contribution in [1.82, 2.24) is 10.2 Å². The van der Waals surface area contributed by atoms with E-state index in [-0.39, 0.29) is 34.2 Å². The summed E-state index contributed by atoms with van der Waals surface area (Å²) in [6, 6.07) is 15.9. The standard InChI is InChI=1S/C32H32F3N3O3/c1-37(20-21-6-4-3-5-7-21)30-26(34)16-23(17-27(30)35)31(40)38-14-12-32(13-15-38)19-28(32)36-29(39)11-9-22-8-10-24(41-2)18-25(22)33/h3-11,16-18,28H,12-15,19-20H2,1-2H3,(H,36,39)/b11-9+. The van der Waals surface area contributed by atoms with E-state index in [0.717, 1.165) is 24.1 Å². The summed E-state index contributed by atoms with van der Waals surface area (Å²) in [4.78, 5) is 28.7. The maximum absolute atomic E-state index is 15.0. The van der Waals surface area contributed by atoms with Crippen LogP contribution in [0.25, 0.3) is 6.08 Å². The largest absolute Gasteiger partial charge is 0.497 e. The normalized spacial score (nSPS) is 17.5. The molecule has 2 fully saturated rings. The Labute approximate surface area is 237 Å². The monoisotopic (exact) mass is 563 g/mol. The maximum Gasteiger partial charge on any atom is 0.254 e. The lowest BCUT2D eigenvalue weighted by molar-refractivity contribution is -0.116. The SMILES string of the molecule is COc1ccc(/C=C/C(=O)NC2CC23CCN(C(=O)c2cc(F)c(N(C)Cc4ccccc4)c(F)c2)CC3)c(F)c1. The van der Waals surface area contributed by atoms with Gasteiger partial charge < -0.3 is 19.9 Å². The zero-order valence-corrected chi connectivity index (χ0v) is 23.0. The van der Waals surface area contributed by atoms with Crippen molar-refractivity contribution < 1.29 is 27.5 Å². The summed E-state index contributed by atoms with van der Waals surface area (Å²) in [5.74, 6) is -2.39. The first-order valence-corrected chi connectivity index (χ1v) is 13.5. The van der Waals surface area contributed by atoms with Gasteiger partial charge in [-0.3, -0.25) is 9.59 Å². The van der Waals surface area contributed by atoms with E-state index in [9.17, 15) is 14.0 Å². The summed E-state index contributed by atoms with van der Waals surface area (Å²) in [6.07, 6.45) is 4.85. The number of piperidine rings is 1. The molecule has 5 rings (SSSR count). The fourth-order valence-electron chi connectivity index (χ4n) is 5.59. The number of nitrogens with zero attached hydrogens (tertiary/aromatic N) is 2. The Balaban J connectivity index is 1.15. The van der Waals surface area contributed by atoms with Crippen LogP contribution in [0.3, 0.4) is 0 Å². The van der Waals surface area contributed by atoms with E-state index in [1.54, 1.807) is 18.0 Å². The predicted octanol–water partition coefficient (Wildman–Crippen LogP) is 5.57. The number of carbonyl (C=O) groups excluding carboxylic acids is 2. The smallest absolute Gasteiger partial charge is 0.254 e. The molecule has 0 radical (unpaired) electrons. The number of likely N-dealkylation sites (tertiary alicyclic amines) is 1. The molecular weight excluding hydrogens is 531 g/mol. The number of anilines is 1. The lowest BCUT2D eigenvalue weighted by Gasteiger charge is -2.33. The highest BCUT2D eigenvalue weighted by Gasteiger charge is 2.55. The molecule has 2 aliphatic rings. The number of carbonyl (C=O) groups is 2. The van der Waals surface area contributed by atoms with E-state index >= 15 is 8.78 Å². The molecule has 1 aliphatic heterocycles. The van der Waals surface area contributed by atoms with Crippen molar-refractivity contribution in [2.75, 3.05) is 32.1 Å². The number of halogens is 3. The Hall–Kier alpha value is -4.27. The quantitative estimate of drug-likeness (QED) is 0.364. The number of nitrogens with one attached hydrogen (secondary N) is 1. The van der Waals surface area contributed by atoms with Crippen molar-refractivity contribution in [3.05, 3.63) is 101 Å². The fraction of sp³-hybridized carbons (Fsp3) is 0.312. The molecule has 1 atom stereocenters. The maximum atomic E-state index is 15.0. The molecule has 41 heavy (non-hydrogen) atoms. The summed E-state index contributed by atoms with van der Waals surface area (Å²) in [5.41, 5.74) is 0.884. The van der Waals surface area contributed by atoms with Crippen LogP contribution in [0.4, 0.5) is 18.9 Å². The van der Waals surface area contributed by atoms with E-state index in [1.165, 1.54) is 36.3 Å². The van der Waals surface area contributed by atoms with E-state index in [2.05, 4.69) is 5.32 Å². The van der Waals surface area contributed by atoms with Crippen LogP contribution >= 0.6 is 0 Å². The Kier molecular flexibility index (Phi) is 8.06. The third-order valence-corrected chi connectivity index (χ3v) is 8.08. The highest BCUT2D eigenvalue weighted by Crippen LogP contribution is 2.54. The Morgan fingerprint density at radius 2 is 1.71 bits per heavy atom. The highest BCUT2D eigenvalue weighted by atomic mass is 19.1. The number of rotatable bonds is 8. The van der Waals surface area contributed by atoms with Gasteiger partial charge in [0.15, 0.2) is 0 Å². The topological polar surface area (TPSA) is 61.9 Å². The molecule has 0 bridgehead atoms. The van der Waals surface area contributed by atoms with Gasteiger partial charge in [-0.25, -0.2) is 13.2 Å². The average molecular weight is 564 g/mol. The molecule has 214 valence electrons. The van der Waals surface area contributed by atoms with Gasteiger partial charge >= 0.3 is 0 Å². The molecule has 0 aromatic heterocycles. The van der Waals surface area contributed by atoms with Gasteiger partial charge in [0.05, 0.1) is 7.11 Å². The van der Waals surface area contributed by atoms with E-state index < -0.39 is 23.4 Å². The number of hydrogen-bond donors (Lipinski definition) is 1.